The maximum Gasteiger partial charge on any atom is 0.130 e. The molecule has 0 N–H and O–H groups in total. The molecule has 1 aromatic heterocycles. The topological polar surface area (TPSA) is 12.9 Å². The van der Waals surface area contributed by atoms with E-state index in [-0.39, 0.29) is 0 Å². The van der Waals surface area contributed by atoms with Gasteiger partial charge >= 0.3 is 0 Å². The highest BCUT2D eigenvalue weighted by Crippen LogP contribution is 2.28. The molecule has 0 amide bonds. The third-order valence-corrected chi connectivity index (χ3v) is 3.44. The number of pyridine rings is 1. The highest BCUT2D eigenvalue weighted by molar-refractivity contribution is 6.29. The summed E-state index contributed by atoms with van der Waals surface area (Å²) in [7, 11) is 0. The van der Waals surface area contributed by atoms with Gasteiger partial charge in [-0.15, -0.1) is 0 Å². The number of allylic oxidation sites excluding steroid dienone is 4. The average Bonchev–Trinajstić information content (AvgIpc) is 2.48. The number of aromatic nitrogens is 1. The third-order valence-electron chi connectivity index (χ3n) is 3.25. The maximum absolute atomic E-state index is 6.16. The quantitative estimate of drug-likeness (QED) is 0.687. The Balaban J connectivity index is 2.06. The molecule has 1 aliphatic carbocycles. The standard InChI is InChI=1S/C17H14ClN/c18-17-12-15(13-7-3-1-4-8-13)11-16(19-17)14-9-5-2-6-10-14/h1-3,5-7,9-12H,4,8H2. The molecule has 3 rings (SSSR count). The largest absolute Gasteiger partial charge is 0.236 e. The van der Waals surface area contributed by atoms with Crippen LogP contribution in [0.3, 0.4) is 0 Å². The van der Waals surface area contributed by atoms with Gasteiger partial charge in [0.25, 0.3) is 0 Å². The van der Waals surface area contributed by atoms with Crippen molar-refractivity contribution in [2.45, 2.75) is 12.8 Å². The molecule has 1 aromatic carbocycles. The van der Waals surface area contributed by atoms with Gasteiger partial charge < -0.3 is 0 Å². The van der Waals surface area contributed by atoms with Crippen molar-refractivity contribution in [1.29, 1.82) is 0 Å². The Bertz CT molecular complexity index is 642. The monoisotopic (exact) mass is 267 g/mol. The normalized spacial score (nSPS) is 14.3. The van der Waals surface area contributed by atoms with Crippen LogP contribution in [0.1, 0.15) is 18.4 Å². The van der Waals surface area contributed by atoms with E-state index in [9.17, 15) is 0 Å². The lowest BCUT2D eigenvalue weighted by Gasteiger charge is -2.11. The Kier molecular flexibility index (Phi) is 3.47. The Morgan fingerprint density at radius 3 is 2.58 bits per heavy atom. The molecule has 0 bridgehead atoms. The van der Waals surface area contributed by atoms with Crippen LogP contribution >= 0.6 is 11.6 Å². The molecule has 94 valence electrons. The zero-order valence-electron chi connectivity index (χ0n) is 10.5. The van der Waals surface area contributed by atoms with Crippen molar-refractivity contribution in [3.63, 3.8) is 0 Å². The van der Waals surface area contributed by atoms with Crippen molar-refractivity contribution in [1.82, 2.24) is 4.98 Å². The Morgan fingerprint density at radius 1 is 1.00 bits per heavy atom. The fraction of sp³-hybridized carbons (Fsp3) is 0.118. The zero-order valence-corrected chi connectivity index (χ0v) is 11.3. The van der Waals surface area contributed by atoms with Crippen LogP contribution in [0.4, 0.5) is 0 Å². The van der Waals surface area contributed by atoms with Gasteiger partial charge in [-0.2, -0.15) is 0 Å². The number of benzene rings is 1. The van der Waals surface area contributed by atoms with E-state index in [1.165, 1.54) is 11.1 Å². The van der Waals surface area contributed by atoms with Gasteiger partial charge in [0.15, 0.2) is 0 Å². The molecular weight excluding hydrogens is 254 g/mol. The van der Waals surface area contributed by atoms with E-state index < -0.39 is 0 Å². The molecule has 2 heteroatoms. The predicted molar refractivity (Wildman–Crippen MR) is 81.0 cm³/mol. The first-order chi connectivity index (χ1) is 9.33. The summed E-state index contributed by atoms with van der Waals surface area (Å²) < 4.78 is 0. The van der Waals surface area contributed by atoms with Crippen LogP contribution in [-0.4, -0.2) is 4.98 Å². The van der Waals surface area contributed by atoms with Gasteiger partial charge in [0.05, 0.1) is 5.69 Å². The first-order valence-corrected chi connectivity index (χ1v) is 6.80. The van der Waals surface area contributed by atoms with Crippen molar-refractivity contribution in [2.24, 2.45) is 0 Å². The lowest BCUT2D eigenvalue weighted by molar-refractivity contribution is 1.05. The van der Waals surface area contributed by atoms with Gasteiger partial charge in [0.1, 0.15) is 5.15 Å². The summed E-state index contributed by atoms with van der Waals surface area (Å²) in [5.41, 5.74) is 4.52. The molecule has 19 heavy (non-hydrogen) atoms. The molecule has 0 unspecified atom stereocenters. The van der Waals surface area contributed by atoms with Crippen molar-refractivity contribution in [3.05, 3.63) is 71.4 Å². The second kappa shape index (κ2) is 5.41. The molecule has 0 radical (unpaired) electrons. The van der Waals surface area contributed by atoms with Gasteiger partial charge in [0.2, 0.25) is 0 Å². The van der Waals surface area contributed by atoms with Gasteiger partial charge in [-0.1, -0.05) is 60.2 Å². The molecule has 0 atom stereocenters. The molecule has 1 aliphatic rings. The van der Waals surface area contributed by atoms with E-state index >= 15 is 0 Å². The fourth-order valence-corrected chi connectivity index (χ4v) is 2.49. The second-order valence-electron chi connectivity index (χ2n) is 4.59. The van der Waals surface area contributed by atoms with Crippen molar-refractivity contribution in [2.75, 3.05) is 0 Å². The van der Waals surface area contributed by atoms with Crippen LogP contribution in [0, 0.1) is 0 Å². The van der Waals surface area contributed by atoms with Crippen molar-refractivity contribution in [3.8, 4) is 11.3 Å². The van der Waals surface area contributed by atoms with E-state index in [0.29, 0.717) is 5.15 Å². The number of nitrogens with zero attached hydrogens (tertiary/aromatic N) is 1. The number of hydrogen-bond acceptors (Lipinski definition) is 1. The van der Waals surface area contributed by atoms with Crippen LogP contribution in [0.5, 0.6) is 0 Å². The van der Waals surface area contributed by atoms with Gasteiger partial charge in [-0.05, 0) is 36.1 Å². The molecule has 1 nitrogen and oxygen atoms in total. The molecule has 2 aromatic rings. The second-order valence-corrected chi connectivity index (χ2v) is 4.98. The third kappa shape index (κ3) is 2.77. The van der Waals surface area contributed by atoms with Gasteiger partial charge in [-0.25, -0.2) is 4.98 Å². The minimum absolute atomic E-state index is 0.548. The zero-order chi connectivity index (χ0) is 13.1. The summed E-state index contributed by atoms with van der Waals surface area (Å²) in [6.45, 7) is 0. The van der Waals surface area contributed by atoms with E-state index in [2.05, 4.69) is 41.4 Å². The Hall–Kier alpha value is -1.86. The molecule has 0 aliphatic heterocycles. The van der Waals surface area contributed by atoms with Crippen LogP contribution < -0.4 is 0 Å². The van der Waals surface area contributed by atoms with Gasteiger partial charge in [0, 0.05) is 5.56 Å². The molecule has 1 heterocycles. The SMILES string of the molecule is Clc1cc(C2=CC=CCC2)cc(-c2ccccc2)n1. The number of hydrogen-bond donors (Lipinski definition) is 0. The lowest BCUT2D eigenvalue weighted by atomic mass is 9.97. The highest BCUT2D eigenvalue weighted by atomic mass is 35.5. The highest BCUT2D eigenvalue weighted by Gasteiger charge is 2.08. The first kappa shape index (κ1) is 12.2. The minimum atomic E-state index is 0.548. The van der Waals surface area contributed by atoms with E-state index in [1.54, 1.807) is 0 Å². The first-order valence-electron chi connectivity index (χ1n) is 6.42. The van der Waals surface area contributed by atoms with Crippen LogP contribution in [0.25, 0.3) is 16.8 Å². The van der Waals surface area contributed by atoms with Crippen LogP contribution in [0.15, 0.2) is 60.7 Å². The van der Waals surface area contributed by atoms with Crippen molar-refractivity contribution >= 4 is 17.2 Å². The van der Waals surface area contributed by atoms with Gasteiger partial charge in [-0.3, -0.25) is 0 Å². The fourth-order valence-electron chi connectivity index (χ4n) is 2.28. The predicted octanol–water partition coefficient (Wildman–Crippen LogP) is 5.14. The van der Waals surface area contributed by atoms with E-state index in [1.807, 2.05) is 24.3 Å². The van der Waals surface area contributed by atoms with Crippen molar-refractivity contribution < 1.29 is 0 Å². The lowest BCUT2D eigenvalue weighted by Crippen LogP contribution is -1.92. The summed E-state index contributed by atoms with van der Waals surface area (Å²) in [6, 6.07) is 14.2. The number of halogens is 1. The summed E-state index contributed by atoms with van der Waals surface area (Å²) >= 11 is 6.16. The van der Waals surface area contributed by atoms with E-state index in [0.717, 1.165) is 24.1 Å². The Morgan fingerprint density at radius 2 is 1.84 bits per heavy atom. The maximum atomic E-state index is 6.16. The number of rotatable bonds is 2. The molecule has 0 saturated carbocycles. The molecule has 0 spiro atoms. The summed E-state index contributed by atoms with van der Waals surface area (Å²) in [5, 5.41) is 0.548. The minimum Gasteiger partial charge on any atom is -0.236 e. The molecule has 0 fully saturated rings. The van der Waals surface area contributed by atoms with Crippen LogP contribution in [0.2, 0.25) is 5.15 Å². The molecule has 0 saturated heterocycles. The summed E-state index contributed by atoms with van der Waals surface area (Å²) in [6.07, 6.45) is 8.60. The Labute approximate surface area is 118 Å². The van der Waals surface area contributed by atoms with E-state index in [4.69, 9.17) is 11.6 Å². The molecular formula is C17H14ClN. The summed E-state index contributed by atoms with van der Waals surface area (Å²) in [4.78, 5) is 4.42. The van der Waals surface area contributed by atoms with Crippen LogP contribution in [-0.2, 0) is 0 Å². The summed E-state index contributed by atoms with van der Waals surface area (Å²) in [5.74, 6) is 0. The average molecular weight is 268 g/mol. The smallest absolute Gasteiger partial charge is 0.130 e.